The Morgan fingerprint density at radius 2 is 2.17 bits per heavy atom. The lowest BCUT2D eigenvalue weighted by atomic mass is 10.1. The molecule has 0 radical (unpaired) electrons. The lowest BCUT2D eigenvalue weighted by Crippen LogP contribution is -2.31. The minimum Gasteiger partial charge on any atom is -0.368 e. The molecule has 0 bridgehead atoms. The predicted octanol–water partition coefficient (Wildman–Crippen LogP) is 0.407. The van der Waals surface area contributed by atoms with Crippen LogP contribution in [0.25, 0.3) is 0 Å². The van der Waals surface area contributed by atoms with E-state index in [1.54, 1.807) is 18.6 Å². The third-order valence-corrected chi connectivity index (χ3v) is 3.03. The highest BCUT2D eigenvalue weighted by atomic mass is 15.1. The van der Waals surface area contributed by atoms with Crippen molar-refractivity contribution in [3.63, 3.8) is 0 Å². The molecule has 0 aromatic carbocycles. The molecular formula is C12H14N6. The molecule has 3 rings (SSSR count). The number of rotatable bonds is 2. The van der Waals surface area contributed by atoms with Crippen molar-refractivity contribution >= 4 is 5.95 Å². The molecule has 1 aliphatic heterocycles. The third-order valence-electron chi connectivity index (χ3n) is 3.03. The molecule has 6 nitrogen and oxygen atoms in total. The van der Waals surface area contributed by atoms with Crippen molar-refractivity contribution in [3.05, 3.63) is 41.7 Å². The highest BCUT2D eigenvalue weighted by molar-refractivity contribution is 5.27. The Morgan fingerprint density at radius 3 is 3.00 bits per heavy atom. The predicted molar refractivity (Wildman–Crippen MR) is 66.3 cm³/mol. The highest BCUT2D eigenvalue weighted by Gasteiger charge is 2.18. The maximum atomic E-state index is 5.59. The zero-order valence-electron chi connectivity index (χ0n) is 9.95. The monoisotopic (exact) mass is 242 g/mol. The van der Waals surface area contributed by atoms with Crippen LogP contribution in [0.5, 0.6) is 0 Å². The van der Waals surface area contributed by atoms with Gasteiger partial charge in [0.15, 0.2) is 0 Å². The Morgan fingerprint density at radius 1 is 1.22 bits per heavy atom. The summed E-state index contributed by atoms with van der Waals surface area (Å²) in [5.41, 5.74) is 8.79. The second-order valence-corrected chi connectivity index (χ2v) is 4.36. The van der Waals surface area contributed by atoms with E-state index in [1.165, 1.54) is 0 Å². The molecule has 1 aliphatic rings. The quantitative estimate of drug-likeness (QED) is 0.821. The van der Waals surface area contributed by atoms with Gasteiger partial charge in [0.2, 0.25) is 5.95 Å². The average molecular weight is 242 g/mol. The number of hydrogen-bond acceptors (Lipinski definition) is 6. The van der Waals surface area contributed by atoms with Gasteiger partial charge in [-0.15, -0.1) is 0 Å². The van der Waals surface area contributed by atoms with Gasteiger partial charge in [-0.25, -0.2) is 9.97 Å². The molecule has 6 heteroatoms. The zero-order chi connectivity index (χ0) is 12.4. The number of anilines is 1. The first-order valence-corrected chi connectivity index (χ1v) is 5.89. The molecular weight excluding hydrogens is 228 g/mol. The van der Waals surface area contributed by atoms with Crippen LogP contribution in [0.1, 0.15) is 17.0 Å². The topological polar surface area (TPSA) is 80.8 Å². The summed E-state index contributed by atoms with van der Waals surface area (Å²) in [7, 11) is 0. The van der Waals surface area contributed by atoms with Crippen LogP contribution < -0.4 is 5.73 Å². The summed E-state index contributed by atoms with van der Waals surface area (Å²) in [6.07, 6.45) is 7.93. The Balaban J connectivity index is 1.73. The number of nitrogens with two attached hydrogens (primary N) is 1. The van der Waals surface area contributed by atoms with E-state index >= 15 is 0 Å². The van der Waals surface area contributed by atoms with E-state index in [2.05, 4.69) is 24.8 Å². The van der Waals surface area contributed by atoms with Crippen LogP contribution in [-0.2, 0) is 19.5 Å². The van der Waals surface area contributed by atoms with Crippen molar-refractivity contribution in [2.45, 2.75) is 19.5 Å². The summed E-state index contributed by atoms with van der Waals surface area (Å²) >= 11 is 0. The van der Waals surface area contributed by atoms with E-state index in [-0.39, 0.29) is 0 Å². The van der Waals surface area contributed by atoms with Gasteiger partial charge in [-0.05, 0) is 0 Å². The van der Waals surface area contributed by atoms with Crippen LogP contribution in [0.3, 0.4) is 0 Å². The van der Waals surface area contributed by atoms with Gasteiger partial charge < -0.3 is 5.73 Å². The third kappa shape index (κ3) is 2.28. The van der Waals surface area contributed by atoms with Crippen LogP contribution in [0, 0.1) is 0 Å². The van der Waals surface area contributed by atoms with Crippen molar-refractivity contribution in [1.82, 2.24) is 24.8 Å². The van der Waals surface area contributed by atoms with Crippen LogP contribution in [0.15, 0.2) is 24.8 Å². The van der Waals surface area contributed by atoms with Crippen LogP contribution in [-0.4, -0.2) is 31.4 Å². The molecule has 92 valence electrons. The van der Waals surface area contributed by atoms with Crippen molar-refractivity contribution < 1.29 is 0 Å². The van der Waals surface area contributed by atoms with Gasteiger partial charge in [-0.3, -0.25) is 14.9 Å². The van der Waals surface area contributed by atoms with Crippen molar-refractivity contribution in [2.24, 2.45) is 0 Å². The van der Waals surface area contributed by atoms with Crippen LogP contribution in [0.2, 0.25) is 0 Å². The molecule has 0 amide bonds. The Bertz CT molecular complexity index is 542. The smallest absolute Gasteiger partial charge is 0.220 e. The molecule has 3 heterocycles. The second-order valence-electron chi connectivity index (χ2n) is 4.36. The number of aromatic nitrogens is 4. The van der Waals surface area contributed by atoms with Gasteiger partial charge in [-0.1, -0.05) is 0 Å². The summed E-state index contributed by atoms with van der Waals surface area (Å²) in [6.45, 7) is 2.60. The van der Waals surface area contributed by atoms with Crippen molar-refractivity contribution in [2.75, 3.05) is 12.3 Å². The molecule has 2 aromatic rings. The standard InChI is InChI=1S/C12H14N6/c13-12-16-5-9-7-18(4-1-11(9)17-12)8-10-6-14-2-3-15-10/h2-3,5-6H,1,4,7-8H2,(H2,13,16,17). The fraction of sp³-hybridized carbons (Fsp3) is 0.333. The SMILES string of the molecule is Nc1ncc2c(n1)CCN(Cc1cnccn1)C2. The van der Waals surface area contributed by atoms with Gasteiger partial charge in [0.05, 0.1) is 11.4 Å². The van der Waals surface area contributed by atoms with Gasteiger partial charge in [-0.2, -0.15) is 0 Å². The van der Waals surface area contributed by atoms with E-state index in [9.17, 15) is 0 Å². The van der Waals surface area contributed by atoms with Crippen LogP contribution >= 0.6 is 0 Å². The fourth-order valence-electron chi connectivity index (χ4n) is 2.17. The number of nitrogen functional groups attached to an aromatic ring is 1. The summed E-state index contributed by atoms with van der Waals surface area (Å²) in [4.78, 5) is 19.0. The Labute approximate surface area is 105 Å². The number of hydrogen-bond donors (Lipinski definition) is 1. The minimum absolute atomic E-state index is 0.358. The summed E-state index contributed by atoms with van der Waals surface area (Å²) in [6, 6.07) is 0. The highest BCUT2D eigenvalue weighted by Crippen LogP contribution is 2.18. The van der Waals surface area contributed by atoms with E-state index in [0.717, 1.165) is 43.0 Å². The molecule has 0 atom stereocenters. The van der Waals surface area contributed by atoms with Gasteiger partial charge in [0, 0.05) is 56.4 Å². The van der Waals surface area contributed by atoms with E-state index in [4.69, 9.17) is 5.73 Å². The fourth-order valence-corrected chi connectivity index (χ4v) is 2.17. The first-order chi connectivity index (χ1) is 8.81. The molecule has 0 spiro atoms. The molecule has 0 aliphatic carbocycles. The summed E-state index contributed by atoms with van der Waals surface area (Å²) in [5, 5.41) is 0. The van der Waals surface area contributed by atoms with Crippen molar-refractivity contribution in [1.29, 1.82) is 0 Å². The Kier molecular flexibility index (Phi) is 2.85. The molecule has 0 fully saturated rings. The summed E-state index contributed by atoms with van der Waals surface area (Å²) in [5.74, 6) is 0.358. The van der Waals surface area contributed by atoms with Crippen molar-refractivity contribution in [3.8, 4) is 0 Å². The second kappa shape index (κ2) is 4.66. The van der Waals surface area contributed by atoms with Gasteiger partial charge in [0.25, 0.3) is 0 Å². The first kappa shape index (κ1) is 11.0. The average Bonchev–Trinajstić information content (AvgIpc) is 2.40. The van der Waals surface area contributed by atoms with E-state index < -0.39 is 0 Å². The number of fused-ring (bicyclic) bond motifs is 1. The Hall–Kier alpha value is -2.08. The first-order valence-electron chi connectivity index (χ1n) is 5.89. The molecule has 0 saturated heterocycles. The number of nitrogens with zero attached hydrogens (tertiary/aromatic N) is 5. The molecule has 0 unspecified atom stereocenters. The van der Waals surface area contributed by atoms with E-state index in [0.29, 0.717) is 5.95 Å². The van der Waals surface area contributed by atoms with Gasteiger partial charge >= 0.3 is 0 Å². The van der Waals surface area contributed by atoms with E-state index in [1.807, 2.05) is 6.20 Å². The van der Waals surface area contributed by atoms with Crippen LogP contribution in [0.4, 0.5) is 5.95 Å². The lowest BCUT2D eigenvalue weighted by molar-refractivity contribution is 0.240. The molecule has 2 N–H and O–H groups in total. The zero-order valence-corrected chi connectivity index (χ0v) is 9.95. The van der Waals surface area contributed by atoms with Gasteiger partial charge in [0.1, 0.15) is 0 Å². The minimum atomic E-state index is 0.358. The molecule has 0 saturated carbocycles. The normalized spacial score (nSPS) is 15.3. The maximum absolute atomic E-state index is 5.59. The molecule has 18 heavy (non-hydrogen) atoms. The summed E-state index contributed by atoms with van der Waals surface area (Å²) < 4.78 is 0. The molecule has 2 aromatic heterocycles. The maximum Gasteiger partial charge on any atom is 0.220 e. The largest absolute Gasteiger partial charge is 0.368 e. The lowest BCUT2D eigenvalue weighted by Gasteiger charge is -2.27.